The fraction of sp³-hybridized carbons (Fsp3) is 0.785. The zero-order chi connectivity index (χ0) is 50.6. The molecule has 0 radical (unpaired) electrons. The van der Waals surface area contributed by atoms with E-state index in [4.69, 9.17) is 14.2 Å². The third-order valence-corrected chi connectivity index (χ3v) is 13.2. The third kappa shape index (κ3) is 57.9. The quantitative estimate of drug-likeness (QED) is 0.0345. The zero-order valence-electron chi connectivity index (χ0n) is 46.8. The van der Waals surface area contributed by atoms with Crippen molar-refractivity contribution in [2.45, 2.75) is 309 Å². The fourth-order valence-corrected chi connectivity index (χ4v) is 8.71. The van der Waals surface area contributed by atoms with Crippen LogP contribution in [0.5, 0.6) is 0 Å². The fourth-order valence-electron chi connectivity index (χ4n) is 8.71. The zero-order valence-corrected chi connectivity index (χ0v) is 46.8. The lowest BCUT2D eigenvalue weighted by molar-refractivity contribution is -0.163. The predicted octanol–water partition coefficient (Wildman–Crippen LogP) is 21.0. The average molecular weight is 978 g/mol. The standard InChI is InChI=1S/C65H116O5/c1-4-7-10-13-16-19-22-25-28-30-32-34-36-39-42-45-48-51-54-57-60-68-61-63(70-65(67)59-56-53-50-47-44-41-37-27-24-21-18-15-12-9-6-3)62-69-64(66)58-55-52-49-46-43-40-38-35-33-31-29-26-23-20-17-14-11-8-5-2/h9,12,16,18-19,21,25,27-28,32,34,37,63H,4-8,10-11,13-15,17,20,22-24,26,29-31,33,35-36,38-62H2,1-3H3/b12-9-,19-16-,21-18-,28-25-,34-32-,37-27-. The lowest BCUT2D eigenvalue weighted by atomic mass is 10.0. The van der Waals surface area contributed by atoms with Gasteiger partial charge in [-0.1, -0.05) is 273 Å². The maximum Gasteiger partial charge on any atom is 0.306 e. The van der Waals surface area contributed by atoms with Gasteiger partial charge in [0.05, 0.1) is 6.61 Å². The molecule has 0 fully saturated rings. The van der Waals surface area contributed by atoms with Crippen LogP contribution in [0.15, 0.2) is 72.9 Å². The Hall–Kier alpha value is -2.66. The molecule has 0 heterocycles. The molecule has 0 saturated carbocycles. The van der Waals surface area contributed by atoms with Crippen molar-refractivity contribution in [1.82, 2.24) is 0 Å². The van der Waals surface area contributed by atoms with Gasteiger partial charge in [0.2, 0.25) is 0 Å². The first-order valence-electron chi connectivity index (χ1n) is 30.5. The van der Waals surface area contributed by atoms with Gasteiger partial charge in [-0.05, 0) is 89.9 Å². The molecule has 1 atom stereocenters. The van der Waals surface area contributed by atoms with Gasteiger partial charge >= 0.3 is 11.9 Å². The van der Waals surface area contributed by atoms with Crippen LogP contribution in [0.4, 0.5) is 0 Å². The van der Waals surface area contributed by atoms with E-state index in [1.165, 1.54) is 186 Å². The smallest absolute Gasteiger partial charge is 0.306 e. The van der Waals surface area contributed by atoms with Crippen LogP contribution in [-0.4, -0.2) is 37.9 Å². The van der Waals surface area contributed by atoms with Crippen LogP contribution < -0.4 is 0 Å². The highest BCUT2D eigenvalue weighted by Crippen LogP contribution is 2.16. The summed E-state index contributed by atoms with van der Waals surface area (Å²) in [6.07, 6.45) is 79.3. The molecule has 5 nitrogen and oxygen atoms in total. The van der Waals surface area contributed by atoms with Crippen molar-refractivity contribution in [3.8, 4) is 0 Å². The van der Waals surface area contributed by atoms with Crippen molar-refractivity contribution in [3.05, 3.63) is 72.9 Å². The van der Waals surface area contributed by atoms with Gasteiger partial charge in [0.15, 0.2) is 6.10 Å². The highest BCUT2D eigenvalue weighted by atomic mass is 16.6. The van der Waals surface area contributed by atoms with E-state index in [1.54, 1.807) is 0 Å². The van der Waals surface area contributed by atoms with E-state index in [1.807, 2.05) is 0 Å². The van der Waals surface area contributed by atoms with Crippen molar-refractivity contribution >= 4 is 11.9 Å². The van der Waals surface area contributed by atoms with Crippen molar-refractivity contribution in [2.24, 2.45) is 0 Å². The van der Waals surface area contributed by atoms with Gasteiger partial charge < -0.3 is 14.2 Å². The minimum Gasteiger partial charge on any atom is -0.462 e. The van der Waals surface area contributed by atoms with Crippen LogP contribution in [0.2, 0.25) is 0 Å². The Morgan fingerprint density at radius 2 is 0.643 bits per heavy atom. The summed E-state index contributed by atoms with van der Waals surface area (Å²) in [6, 6.07) is 0. The Morgan fingerprint density at radius 3 is 1.06 bits per heavy atom. The molecule has 70 heavy (non-hydrogen) atoms. The number of hydrogen-bond acceptors (Lipinski definition) is 5. The van der Waals surface area contributed by atoms with Crippen molar-refractivity contribution in [2.75, 3.05) is 19.8 Å². The number of carbonyl (C=O) groups excluding carboxylic acids is 2. The van der Waals surface area contributed by atoms with Gasteiger partial charge in [-0.3, -0.25) is 9.59 Å². The summed E-state index contributed by atoms with van der Waals surface area (Å²) >= 11 is 0. The van der Waals surface area contributed by atoms with Crippen molar-refractivity contribution < 1.29 is 23.8 Å². The van der Waals surface area contributed by atoms with E-state index in [2.05, 4.69) is 93.7 Å². The van der Waals surface area contributed by atoms with Crippen LogP contribution in [0.3, 0.4) is 0 Å². The minimum absolute atomic E-state index is 0.0751. The van der Waals surface area contributed by atoms with Crippen LogP contribution in [0.1, 0.15) is 303 Å². The lowest BCUT2D eigenvalue weighted by Gasteiger charge is -2.18. The summed E-state index contributed by atoms with van der Waals surface area (Å²) in [6.45, 7) is 7.70. The topological polar surface area (TPSA) is 61.8 Å². The predicted molar refractivity (Wildman–Crippen MR) is 307 cm³/mol. The van der Waals surface area contributed by atoms with Crippen LogP contribution in [-0.2, 0) is 23.8 Å². The number of rotatable bonds is 56. The molecule has 0 aliphatic carbocycles. The summed E-state index contributed by atoms with van der Waals surface area (Å²) in [5, 5.41) is 0. The van der Waals surface area contributed by atoms with E-state index >= 15 is 0 Å². The first-order chi connectivity index (χ1) is 34.6. The van der Waals surface area contributed by atoms with E-state index < -0.39 is 6.10 Å². The second kappa shape index (κ2) is 60.6. The molecule has 0 aromatic carbocycles. The van der Waals surface area contributed by atoms with Crippen molar-refractivity contribution in [1.29, 1.82) is 0 Å². The van der Waals surface area contributed by atoms with Gasteiger partial charge in [-0.2, -0.15) is 0 Å². The van der Waals surface area contributed by atoms with Crippen LogP contribution in [0.25, 0.3) is 0 Å². The highest BCUT2D eigenvalue weighted by molar-refractivity contribution is 5.70. The Labute approximate surface area is 436 Å². The molecule has 0 aromatic heterocycles. The largest absolute Gasteiger partial charge is 0.462 e. The van der Waals surface area contributed by atoms with E-state index in [9.17, 15) is 9.59 Å². The number of unbranched alkanes of at least 4 members (excludes halogenated alkanes) is 33. The summed E-state index contributed by atoms with van der Waals surface area (Å²) in [7, 11) is 0. The molecule has 5 heteroatoms. The summed E-state index contributed by atoms with van der Waals surface area (Å²) in [4.78, 5) is 25.6. The molecular weight excluding hydrogens is 861 g/mol. The number of hydrogen-bond donors (Lipinski definition) is 0. The molecule has 0 aromatic rings. The number of carbonyl (C=O) groups is 2. The molecule has 0 bridgehead atoms. The van der Waals surface area contributed by atoms with Crippen LogP contribution >= 0.6 is 0 Å². The number of esters is 2. The Balaban J connectivity index is 4.28. The Kier molecular flexibility index (Phi) is 58.3. The van der Waals surface area contributed by atoms with Crippen molar-refractivity contribution in [3.63, 3.8) is 0 Å². The molecule has 0 spiro atoms. The van der Waals surface area contributed by atoms with E-state index in [0.29, 0.717) is 19.4 Å². The van der Waals surface area contributed by atoms with E-state index in [0.717, 1.165) is 83.5 Å². The second-order valence-corrected chi connectivity index (χ2v) is 20.2. The molecule has 0 rings (SSSR count). The highest BCUT2D eigenvalue weighted by Gasteiger charge is 2.17. The molecule has 0 aliphatic rings. The molecule has 406 valence electrons. The van der Waals surface area contributed by atoms with Gasteiger partial charge in [0, 0.05) is 19.4 Å². The average Bonchev–Trinajstić information content (AvgIpc) is 3.36. The first kappa shape index (κ1) is 67.3. The molecular formula is C65H116O5. The molecule has 0 saturated heterocycles. The van der Waals surface area contributed by atoms with Gasteiger partial charge in [0.25, 0.3) is 0 Å². The van der Waals surface area contributed by atoms with Gasteiger partial charge in [-0.25, -0.2) is 0 Å². The minimum atomic E-state index is -0.552. The lowest BCUT2D eigenvalue weighted by Crippen LogP contribution is -2.30. The normalized spacial score (nSPS) is 12.7. The van der Waals surface area contributed by atoms with E-state index in [-0.39, 0.29) is 25.2 Å². The Morgan fingerprint density at radius 1 is 0.329 bits per heavy atom. The third-order valence-electron chi connectivity index (χ3n) is 13.2. The van der Waals surface area contributed by atoms with Crippen LogP contribution in [0, 0.1) is 0 Å². The summed E-state index contributed by atoms with van der Waals surface area (Å²) in [5.41, 5.74) is 0. The second-order valence-electron chi connectivity index (χ2n) is 20.2. The maximum atomic E-state index is 12.9. The Bertz CT molecular complexity index is 1240. The monoisotopic (exact) mass is 977 g/mol. The van der Waals surface area contributed by atoms with Gasteiger partial charge in [0.1, 0.15) is 6.61 Å². The summed E-state index contributed by atoms with van der Waals surface area (Å²) in [5.74, 6) is -0.410. The van der Waals surface area contributed by atoms with Gasteiger partial charge in [-0.15, -0.1) is 0 Å². The number of ether oxygens (including phenoxy) is 3. The molecule has 0 N–H and O–H groups in total. The molecule has 0 amide bonds. The summed E-state index contributed by atoms with van der Waals surface area (Å²) < 4.78 is 17.5. The number of allylic oxidation sites excluding steroid dienone is 12. The molecule has 1 unspecified atom stereocenters. The SMILES string of the molecule is CC/C=C\C/C=C\C/C=C\CCCCCCCC(=O)OC(COCCCCCCCCC/C=C\C/C=C\C/C=C\CCCCC)COC(=O)CCCCCCCCCCCCCCCCCCCCC. The first-order valence-corrected chi connectivity index (χ1v) is 30.5. The maximum absolute atomic E-state index is 12.9. The molecule has 0 aliphatic heterocycles.